The second-order valence-electron chi connectivity index (χ2n) is 31.4. The third-order valence-corrected chi connectivity index (χ3v) is 27.1. The van der Waals surface area contributed by atoms with Gasteiger partial charge in [0.15, 0.2) is 0 Å². The van der Waals surface area contributed by atoms with E-state index in [4.69, 9.17) is 0 Å². The average Bonchev–Trinajstić information content (AvgIpc) is 0.792. The van der Waals surface area contributed by atoms with E-state index >= 15 is 0 Å². The van der Waals surface area contributed by atoms with Crippen molar-refractivity contribution in [3.63, 3.8) is 0 Å². The molecule has 5 aliphatic carbocycles. The fourth-order valence-corrected chi connectivity index (χ4v) is 19.5. The van der Waals surface area contributed by atoms with Crippen molar-refractivity contribution in [2.45, 2.75) is 316 Å². The van der Waals surface area contributed by atoms with Crippen LogP contribution in [0.4, 0.5) is 17.1 Å². The number of rotatable bonds is 30. The Labute approximate surface area is 573 Å². The number of aliphatic hydroxyl groups is 10. The molecule has 5 saturated carbocycles. The molecule has 96 heavy (non-hydrogen) atoms. The van der Waals surface area contributed by atoms with Crippen LogP contribution in [0.1, 0.15) is 246 Å². The SMILES string of the molecule is CCCC1(O)CCC(O)(CN(CC2(O)CCC(O)(CCC)CC2)c2ccc(S(=O)(=O)c3ccc(N(CC4(O)CCC(O)(CCC)CC4)CC4(O)CCC(O)(CN(CC5(O)CCC(O)(CCC)CC5)c5ccc(S(=O)(=O)c6ccc(C(CC)CC)cc6)cc5)CC4)cc3)cc2)CC1. The minimum atomic E-state index is -4.13. The largest absolute Gasteiger partial charge is 0.390 e. The van der Waals surface area contributed by atoms with Crippen molar-refractivity contribution in [1.82, 2.24) is 0 Å². The van der Waals surface area contributed by atoms with Gasteiger partial charge in [0.1, 0.15) is 0 Å². The van der Waals surface area contributed by atoms with Crippen LogP contribution in [0.15, 0.2) is 117 Å². The highest BCUT2D eigenvalue weighted by molar-refractivity contribution is 7.91. The Bertz CT molecular complexity index is 3320. The molecule has 4 aromatic carbocycles. The summed E-state index contributed by atoms with van der Waals surface area (Å²) >= 11 is 0. The monoisotopic (exact) mass is 1370 g/mol. The third-order valence-electron chi connectivity index (χ3n) is 23.5. The van der Waals surface area contributed by atoms with Gasteiger partial charge in [-0.05, 0) is 263 Å². The van der Waals surface area contributed by atoms with Crippen molar-refractivity contribution in [3.05, 3.63) is 103 Å². The molecule has 0 aliphatic heterocycles. The summed E-state index contributed by atoms with van der Waals surface area (Å²) < 4.78 is 57.4. The number of benzene rings is 4. The summed E-state index contributed by atoms with van der Waals surface area (Å²) in [5, 5.41) is 120. The predicted molar refractivity (Wildman–Crippen MR) is 378 cm³/mol. The smallest absolute Gasteiger partial charge is 0.206 e. The van der Waals surface area contributed by atoms with Crippen molar-refractivity contribution >= 4 is 36.7 Å². The van der Waals surface area contributed by atoms with Gasteiger partial charge in [0.05, 0.1) is 75.6 Å². The maximum atomic E-state index is 14.6. The Balaban J connectivity index is 0.937. The quantitative estimate of drug-likeness (QED) is 0.0232. The van der Waals surface area contributed by atoms with Crippen LogP contribution in [0.3, 0.4) is 0 Å². The molecule has 4 aromatic rings. The van der Waals surface area contributed by atoms with Crippen molar-refractivity contribution in [2.75, 3.05) is 54.0 Å². The third kappa shape index (κ3) is 18.5. The fourth-order valence-electron chi connectivity index (χ4n) is 17.0. The molecule has 0 unspecified atom stereocenters. The molecule has 0 aromatic heterocycles. The zero-order valence-corrected chi connectivity index (χ0v) is 60.2. The number of nitrogens with zero attached hydrogens (tertiary/aromatic N) is 3. The van der Waals surface area contributed by atoms with E-state index in [1.54, 1.807) is 60.7 Å². The summed E-state index contributed by atoms with van der Waals surface area (Å²) in [6, 6.07) is 26.6. The summed E-state index contributed by atoms with van der Waals surface area (Å²) in [6.07, 6.45) is 14.3. The van der Waals surface area contributed by atoms with Crippen LogP contribution >= 0.6 is 0 Å². The molecule has 5 fully saturated rings. The highest BCUT2D eigenvalue weighted by atomic mass is 32.2. The number of hydrogen-bond donors (Lipinski definition) is 10. The van der Waals surface area contributed by atoms with Crippen LogP contribution < -0.4 is 14.7 Å². The van der Waals surface area contributed by atoms with Gasteiger partial charge in [-0.2, -0.15) is 0 Å². The minimum absolute atomic E-state index is 0.0166. The molecule has 0 amide bonds. The first-order chi connectivity index (χ1) is 45.1. The molecule has 17 nitrogen and oxygen atoms in total. The van der Waals surface area contributed by atoms with Gasteiger partial charge >= 0.3 is 0 Å². The normalized spacial score (nSPS) is 32.3. The number of hydrogen-bond acceptors (Lipinski definition) is 17. The summed E-state index contributed by atoms with van der Waals surface area (Å²) in [7, 11) is -8.02. The number of anilines is 3. The average molecular weight is 1370 g/mol. The van der Waals surface area contributed by atoms with E-state index in [0.717, 1.165) is 44.1 Å². The molecule has 0 spiro atoms. The van der Waals surface area contributed by atoms with E-state index in [9.17, 15) is 67.9 Å². The van der Waals surface area contributed by atoms with Crippen molar-refractivity contribution < 1.29 is 67.9 Å². The van der Waals surface area contributed by atoms with Gasteiger partial charge < -0.3 is 65.8 Å². The Morgan fingerprint density at radius 1 is 0.281 bits per heavy atom. The van der Waals surface area contributed by atoms with Crippen LogP contribution in [0.5, 0.6) is 0 Å². The predicted octanol–water partition coefficient (Wildman–Crippen LogP) is 11.8. The van der Waals surface area contributed by atoms with Gasteiger partial charge in [-0.3, -0.25) is 0 Å². The number of sulfone groups is 2. The van der Waals surface area contributed by atoms with E-state index in [1.807, 2.05) is 54.5 Å². The molecule has 0 heterocycles. The van der Waals surface area contributed by atoms with Gasteiger partial charge in [-0.1, -0.05) is 79.4 Å². The maximum Gasteiger partial charge on any atom is 0.206 e. The highest BCUT2D eigenvalue weighted by Crippen LogP contribution is 2.46. The van der Waals surface area contributed by atoms with Crippen LogP contribution in [-0.4, -0.2) is 163 Å². The van der Waals surface area contributed by atoms with Gasteiger partial charge in [-0.25, -0.2) is 16.8 Å². The molecule has 10 N–H and O–H groups in total. The van der Waals surface area contributed by atoms with Crippen LogP contribution in [-0.2, 0) is 19.7 Å². The maximum absolute atomic E-state index is 14.6. The lowest BCUT2D eigenvalue weighted by atomic mass is 9.73. The highest BCUT2D eigenvalue weighted by Gasteiger charge is 2.49. The molecular formula is C77H117N3O14S2. The zero-order chi connectivity index (χ0) is 69.7. The molecule has 9 rings (SSSR count). The van der Waals surface area contributed by atoms with Crippen molar-refractivity contribution in [1.29, 1.82) is 0 Å². The molecule has 19 heteroatoms. The van der Waals surface area contributed by atoms with E-state index in [1.165, 1.54) is 24.3 Å². The van der Waals surface area contributed by atoms with E-state index in [0.29, 0.717) is 151 Å². The summed E-state index contributed by atoms with van der Waals surface area (Å²) in [5.41, 5.74) is -8.21. The topological polar surface area (TPSA) is 280 Å². The summed E-state index contributed by atoms with van der Waals surface area (Å²) in [4.78, 5) is 6.08. The zero-order valence-electron chi connectivity index (χ0n) is 58.5. The fraction of sp³-hybridized carbons (Fsp3) is 0.688. The minimum Gasteiger partial charge on any atom is -0.390 e. The van der Waals surface area contributed by atoms with Crippen molar-refractivity contribution in [2.24, 2.45) is 0 Å². The molecule has 5 aliphatic rings. The molecular weight excluding hydrogens is 1250 g/mol. The Morgan fingerprint density at radius 3 is 0.615 bits per heavy atom. The summed E-state index contributed by atoms with van der Waals surface area (Å²) in [5.74, 6) is 0.333. The lowest BCUT2D eigenvalue weighted by Gasteiger charge is -2.49. The van der Waals surface area contributed by atoms with Crippen LogP contribution in [0, 0.1) is 0 Å². The first-order valence-electron chi connectivity index (χ1n) is 36.5. The molecule has 0 bridgehead atoms. The van der Waals surface area contributed by atoms with Gasteiger partial charge in [0.25, 0.3) is 0 Å². The van der Waals surface area contributed by atoms with E-state index in [-0.39, 0.29) is 84.5 Å². The lowest BCUT2D eigenvalue weighted by Crippen LogP contribution is -2.57. The first kappa shape index (κ1) is 76.0. The van der Waals surface area contributed by atoms with E-state index in [2.05, 4.69) is 13.8 Å². The van der Waals surface area contributed by atoms with E-state index < -0.39 is 75.7 Å². The Hall–Kier alpha value is -4.22. The molecule has 536 valence electrons. The molecule has 0 saturated heterocycles. The summed E-state index contributed by atoms with van der Waals surface area (Å²) in [6.45, 7) is 12.9. The Kier molecular flexibility index (Phi) is 23.9. The Morgan fingerprint density at radius 2 is 0.448 bits per heavy atom. The molecule has 0 radical (unpaired) electrons. The second kappa shape index (κ2) is 30.2. The van der Waals surface area contributed by atoms with Gasteiger partial charge in [-0.15, -0.1) is 0 Å². The van der Waals surface area contributed by atoms with Gasteiger partial charge in [0, 0.05) is 56.3 Å². The van der Waals surface area contributed by atoms with Crippen LogP contribution in [0.25, 0.3) is 0 Å². The first-order valence-corrected chi connectivity index (χ1v) is 39.5. The van der Waals surface area contributed by atoms with Crippen LogP contribution in [0.2, 0.25) is 0 Å². The lowest BCUT2D eigenvalue weighted by molar-refractivity contribution is -0.0903. The van der Waals surface area contributed by atoms with Crippen molar-refractivity contribution in [3.8, 4) is 0 Å². The molecule has 0 atom stereocenters. The van der Waals surface area contributed by atoms with Gasteiger partial charge in [0.2, 0.25) is 19.7 Å². The second-order valence-corrected chi connectivity index (χ2v) is 35.3. The standard InChI is InChI=1S/C77H117N3O14S2/c1-7-29-68(81)33-41-72(85,42-34-68)53-78(54-73(86)43-35-69(82,30-8-2)36-44-73)61-17-25-66(26-18-61)96(93,94)67-27-19-63(20-28-67)80(56-75(88)47-39-71(84,32-10-4)40-48-75)58-77(90)51-49-76(89,50-52-77)57-79(55-74(87)45-37-70(83,31-9-3)38-46-74)62-15-23-65(24-16-62)95(91,92)64-21-13-60(14-22-64)59(11-5)12-6/h13-28,59,81-90H,7-12,29-58H2,1-6H3.